The van der Waals surface area contributed by atoms with Gasteiger partial charge in [0.1, 0.15) is 0 Å². The van der Waals surface area contributed by atoms with Crippen LogP contribution in [0, 0.1) is 17.3 Å². The molecule has 2 aliphatic rings. The van der Waals surface area contributed by atoms with Gasteiger partial charge in [-0.05, 0) is 38.0 Å². The molecular weight excluding hydrogens is 236 g/mol. The Bertz CT molecular complexity index is 290. The van der Waals surface area contributed by atoms with E-state index in [1.54, 1.807) is 0 Å². The first-order valence-corrected chi connectivity index (χ1v) is 8.04. The Morgan fingerprint density at radius 3 is 2.53 bits per heavy atom. The van der Waals surface area contributed by atoms with E-state index in [1.807, 2.05) is 0 Å². The van der Waals surface area contributed by atoms with Gasteiger partial charge in [-0.15, -0.1) is 0 Å². The summed E-state index contributed by atoms with van der Waals surface area (Å²) >= 11 is 0. The molecule has 2 nitrogen and oxygen atoms in total. The predicted molar refractivity (Wildman–Crippen MR) is 79.0 cm³/mol. The number of hydrogen-bond donors (Lipinski definition) is 0. The van der Waals surface area contributed by atoms with Crippen LogP contribution in [0.2, 0.25) is 0 Å². The summed E-state index contributed by atoms with van der Waals surface area (Å²) in [7, 11) is 0. The standard InChI is InChI=1S/C17H30O2/c1-4-14(2)17(3)12-18-16(19-13-17)15-10-8-6-5-7-9-11-15/h5-6,14-16H,4,7-13H2,1-3H3. The summed E-state index contributed by atoms with van der Waals surface area (Å²) in [6.45, 7) is 8.59. The molecule has 0 N–H and O–H groups in total. The largest absolute Gasteiger partial charge is 0.352 e. The van der Waals surface area contributed by atoms with E-state index < -0.39 is 0 Å². The number of allylic oxidation sites excluding steroid dienone is 2. The monoisotopic (exact) mass is 266 g/mol. The molecule has 2 rings (SSSR count). The molecule has 0 bridgehead atoms. The zero-order valence-electron chi connectivity index (χ0n) is 12.9. The summed E-state index contributed by atoms with van der Waals surface area (Å²) in [6.07, 6.45) is 12.0. The van der Waals surface area contributed by atoms with E-state index in [9.17, 15) is 0 Å². The van der Waals surface area contributed by atoms with Crippen LogP contribution < -0.4 is 0 Å². The molecule has 2 unspecified atom stereocenters. The average molecular weight is 266 g/mol. The van der Waals surface area contributed by atoms with Crippen molar-refractivity contribution in [2.24, 2.45) is 17.3 Å². The summed E-state index contributed by atoms with van der Waals surface area (Å²) in [4.78, 5) is 0. The molecule has 0 spiro atoms. The highest BCUT2D eigenvalue weighted by atomic mass is 16.7. The van der Waals surface area contributed by atoms with Gasteiger partial charge < -0.3 is 9.47 Å². The number of rotatable bonds is 3. The molecule has 0 aromatic heterocycles. The first kappa shape index (κ1) is 15.1. The minimum atomic E-state index is 0.0450. The topological polar surface area (TPSA) is 18.5 Å². The lowest BCUT2D eigenvalue weighted by molar-refractivity contribution is -0.257. The lowest BCUT2D eigenvalue weighted by Crippen LogP contribution is -2.46. The van der Waals surface area contributed by atoms with E-state index in [0.717, 1.165) is 13.2 Å². The Morgan fingerprint density at radius 1 is 1.16 bits per heavy atom. The Hall–Kier alpha value is -0.340. The third-order valence-corrected chi connectivity index (χ3v) is 5.16. The third kappa shape index (κ3) is 3.82. The van der Waals surface area contributed by atoms with Crippen molar-refractivity contribution in [2.45, 2.75) is 65.6 Å². The first-order chi connectivity index (χ1) is 9.15. The van der Waals surface area contributed by atoms with E-state index in [-0.39, 0.29) is 11.7 Å². The summed E-state index contributed by atoms with van der Waals surface area (Å²) in [6, 6.07) is 0. The molecule has 1 heterocycles. The summed E-state index contributed by atoms with van der Waals surface area (Å²) in [5.74, 6) is 1.25. The van der Waals surface area contributed by atoms with Crippen molar-refractivity contribution in [3.63, 3.8) is 0 Å². The average Bonchev–Trinajstić information content (AvgIpc) is 2.39. The van der Waals surface area contributed by atoms with Gasteiger partial charge in [0.25, 0.3) is 0 Å². The zero-order chi connectivity index (χ0) is 13.7. The van der Waals surface area contributed by atoms with Crippen LogP contribution >= 0.6 is 0 Å². The highest BCUT2D eigenvalue weighted by molar-refractivity contribution is 4.87. The van der Waals surface area contributed by atoms with Crippen molar-refractivity contribution in [2.75, 3.05) is 13.2 Å². The summed E-state index contributed by atoms with van der Waals surface area (Å²) < 4.78 is 12.2. The van der Waals surface area contributed by atoms with Gasteiger partial charge >= 0.3 is 0 Å². The van der Waals surface area contributed by atoms with Gasteiger partial charge in [0.2, 0.25) is 0 Å². The molecule has 2 atom stereocenters. The van der Waals surface area contributed by atoms with Gasteiger partial charge in [-0.2, -0.15) is 0 Å². The Labute approximate surface area is 118 Å². The van der Waals surface area contributed by atoms with E-state index in [4.69, 9.17) is 9.47 Å². The smallest absolute Gasteiger partial charge is 0.160 e. The second-order valence-electron chi connectivity index (χ2n) is 6.69. The van der Waals surface area contributed by atoms with Crippen molar-refractivity contribution in [1.29, 1.82) is 0 Å². The van der Waals surface area contributed by atoms with Crippen LogP contribution in [0.25, 0.3) is 0 Å². The van der Waals surface area contributed by atoms with Crippen molar-refractivity contribution < 1.29 is 9.47 Å². The second-order valence-corrected chi connectivity index (χ2v) is 6.69. The normalized spacial score (nSPS) is 38.5. The fraction of sp³-hybridized carbons (Fsp3) is 0.882. The number of ether oxygens (including phenoxy) is 2. The van der Waals surface area contributed by atoms with Crippen molar-refractivity contribution in [3.8, 4) is 0 Å². The molecule has 0 aromatic carbocycles. The third-order valence-electron chi connectivity index (χ3n) is 5.16. The molecule has 110 valence electrons. The van der Waals surface area contributed by atoms with Crippen LogP contribution in [0.5, 0.6) is 0 Å². The first-order valence-electron chi connectivity index (χ1n) is 8.04. The van der Waals surface area contributed by atoms with Gasteiger partial charge in [-0.3, -0.25) is 0 Å². The predicted octanol–water partition coefficient (Wildman–Crippen LogP) is 4.55. The van der Waals surface area contributed by atoms with Crippen LogP contribution in [0.3, 0.4) is 0 Å². The van der Waals surface area contributed by atoms with Crippen LogP contribution in [0.1, 0.15) is 59.3 Å². The van der Waals surface area contributed by atoms with Crippen LogP contribution in [0.15, 0.2) is 12.2 Å². The highest BCUT2D eigenvalue weighted by Gasteiger charge is 2.38. The van der Waals surface area contributed by atoms with Crippen LogP contribution in [-0.4, -0.2) is 19.5 Å². The minimum absolute atomic E-state index is 0.0450. The van der Waals surface area contributed by atoms with Gasteiger partial charge in [0.05, 0.1) is 13.2 Å². The molecule has 1 fully saturated rings. The summed E-state index contributed by atoms with van der Waals surface area (Å²) in [5.41, 5.74) is 0.201. The quantitative estimate of drug-likeness (QED) is 0.698. The lowest BCUT2D eigenvalue weighted by Gasteiger charge is -2.43. The maximum Gasteiger partial charge on any atom is 0.160 e. The van der Waals surface area contributed by atoms with E-state index >= 15 is 0 Å². The molecule has 1 aliphatic carbocycles. The van der Waals surface area contributed by atoms with Crippen LogP contribution in [-0.2, 0) is 9.47 Å². The Kier molecular flexibility index (Phi) is 5.47. The minimum Gasteiger partial charge on any atom is -0.352 e. The molecule has 2 heteroatoms. The maximum atomic E-state index is 6.11. The van der Waals surface area contributed by atoms with E-state index in [0.29, 0.717) is 11.8 Å². The van der Waals surface area contributed by atoms with Gasteiger partial charge in [-0.25, -0.2) is 0 Å². The second kappa shape index (κ2) is 6.90. The van der Waals surface area contributed by atoms with E-state index in [2.05, 4.69) is 32.9 Å². The number of hydrogen-bond acceptors (Lipinski definition) is 2. The molecule has 1 saturated heterocycles. The van der Waals surface area contributed by atoms with Crippen molar-refractivity contribution >= 4 is 0 Å². The van der Waals surface area contributed by atoms with Gasteiger partial charge in [0.15, 0.2) is 6.29 Å². The molecule has 0 aromatic rings. The molecule has 0 amide bonds. The molecule has 0 saturated carbocycles. The van der Waals surface area contributed by atoms with Gasteiger partial charge in [-0.1, -0.05) is 39.3 Å². The molecule has 0 radical (unpaired) electrons. The molecule has 19 heavy (non-hydrogen) atoms. The Morgan fingerprint density at radius 2 is 1.84 bits per heavy atom. The van der Waals surface area contributed by atoms with Gasteiger partial charge in [0, 0.05) is 11.3 Å². The molecular formula is C17H30O2. The zero-order valence-corrected chi connectivity index (χ0v) is 12.9. The van der Waals surface area contributed by atoms with Crippen LogP contribution in [0.4, 0.5) is 0 Å². The van der Waals surface area contributed by atoms with E-state index in [1.165, 1.54) is 38.5 Å². The Balaban J connectivity index is 1.86. The maximum absolute atomic E-state index is 6.11. The highest BCUT2D eigenvalue weighted by Crippen LogP contribution is 2.37. The fourth-order valence-electron chi connectivity index (χ4n) is 3.14. The van der Waals surface area contributed by atoms with Crippen molar-refractivity contribution in [1.82, 2.24) is 0 Å². The fourth-order valence-corrected chi connectivity index (χ4v) is 3.14. The summed E-state index contributed by atoms with van der Waals surface area (Å²) in [5, 5.41) is 0. The molecule has 1 aliphatic heterocycles. The van der Waals surface area contributed by atoms with Crippen molar-refractivity contribution in [3.05, 3.63) is 12.2 Å². The lowest BCUT2D eigenvalue weighted by atomic mass is 9.77. The SMILES string of the molecule is CCC(C)C1(C)COC(C2CCC=CCCC2)OC1.